The Morgan fingerprint density at radius 1 is 1.15 bits per heavy atom. The van der Waals surface area contributed by atoms with Crippen molar-refractivity contribution in [3.05, 3.63) is 54.0 Å². The second kappa shape index (κ2) is 7.83. The van der Waals surface area contributed by atoms with Gasteiger partial charge in [-0.05, 0) is 18.4 Å². The number of aromatic nitrogens is 2. The molecule has 0 bridgehead atoms. The van der Waals surface area contributed by atoms with Gasteiger partial charge in [0.1, 0.15) is 12.1 Å². The number of carbonyl (C=O) groups excluding carboxylic acids is 1. The van der Waals surface area contributed by atoms with Gasteiger partial charge >= 0.3 is 0 Å². The number of ether oxygens (including phenoxy) is 1. The predicted molar refractivity (Wildman–Crippen MR) is 99.1 cm³/mol. The van der Waals surface area contributed by atoms with Crippen LogP contribution in [0.15, 0.2) is 42.7 Å². The van der Waals surface area contributed by atoms with E-state index in [1.165, 1.54) is 5.56 Å². The molecule has 0 N–H and O–H groups in total. The largest absolute Gasteiger partial charge is 0.381 e. The molecular weight excluding hydrogens is 328 g/mol. The summed E-state index contributed by atoms with van der Waals surface area (Å²) in [5.41, 5.74) is 2.29. The van der Waals surface area contributed by atoms with Gasteiger partial charge in [-0.25, -0.2) is 9.97 Å². The minimum atomic E-state index is 0.163. The number of amides is 1. The van der Waals surface area contributed by atoms with Crippen molar-refractivity contribution in [1.82, 2.24) is 14.9 Å². The molecule has 1 aromatic carbocycles. The van der Waals surface area contributed by atoms with Crippen LogP contribution in [0.3, 0.4) is 0 Å². The molecule has 1 aromatic heterocycles. The number of rotatable bonds is 5. The van der Waals surface area contributed by atoms with E-state index in [1.54, 1.807) is 6.33 Å². The number of piperazine rings is 1. The van der Waals surface area contributed by atoms with Crippen LogP contribution in [0.2, 0.25) is 0 Å². The van der Waals surface area contributed by atoms with Crippen molar-refractivity contribution in [2.24, 2.45) is 0 Å². The SMILES string of the molecule is O=C1CN(c2cc(C3CCOC3)ncn2)CCN1CCc1ccccc1. The van der Waals surface area contributed by atoms with Crippen molar-refractivity contribution < 1.29 is 9.53 Å². The van der Waals surface area contributed by atoms with E-state index in [1.807, 2.05) is 29.2 Å². The summed E-state index contributed by atoms with van der Waals surface area (Å²) in [6, 6.07) is 12.3. The highest BCUT2D eigenvalue weighted by Crippen LogP contribution is 2.25. The Labute approximate surface area is 153 Å². The molecule has 1 unspecified atom stereocenters. The Morgan fingerprint density at radius 2 is 2.04 bits per heavy atom. The van der Waals surface area contributed by atoms with Gasteiger partial charge in [-0.1, -0.05) is 30.3 Å². The molecule has 6 nitrogen and oxygen atoms in total. The first-order chi connectivity index (χ1) is 12.8. The zero-order chi connectivity index (χ0) is 17.8. The minimum Gasteiger partial charge on any atom is -0.381 e. The molecule has 0 radical (unpaired) electrons. The molecule has 0 aliphatic carbocycles. The first kappa shape index (κ1) is 17.0. The quantitative estimate of drug-likeness (QED) is 0.822. The third kappa shape index (κ3) is 3.85. The van der Waals surface area contributed by atoms with Gasteiger partial charge in [-0.2, -0.15) is 0 Å². The van der Waals surface area contributed by atoms with Crippen molar-refractivity contribution in [1.29, 1.82) is 0 Å². The van der Waals surface area contributed by atoms with Gasteiger partial charge in [0.25, 0.3) is 0 Å². The Bertz CT molecular complexity index is 746. The summed E-state index contributed by atoms with van der Waals surface area (Å²) in [4.78, 5) is 25.4. The van der Waals surface area contributed by atoms with E-state index in [4.69, 9.17) is 4.74 Å². The van der Waals surface area contributed by atoms with E-state index in [0.29, 0.717) is 12.5 Å². The third-order valence-corrected chi connectivity index (χ3v) is 5.18. The van der Waals surface area contributed by atoms with E-state index >= 15 is 0 Å². The predicted octanol–water partition coefficient (Wildman–Crippen LogP) is 1.87. The number of anilines is 1. The van der Waals surface area contributed by atoms with Gasteiger partial charge in [0.05, 0.1) is 18.8 Å². The van der Waals surface area contributed by atoms with Crippen LogP contribution in [0.4, 0.5) is 5.82 Å². The maximum absolute atomic E-state index is 12.6. The average molecular weight is 352 g/mol. The Hall–Kier alpha value is -2.47. The average Bonchev–Trinajstić information content (AvgIpc) is 3.23. The highest BCUT2D eigenvalue weighted by atomic mass is 16.5. The Balaban J connectivity index is 1.36. The maximum Gasteiger partial charge on any atom is 0.242 e. The third-order valence-electron chi connectivity index (χ3n) is 5.18. The van der Waals surface area contributed by atoms with E-state index in [-0.39, 0.29) is 5.91 Å². The maximum atomic E-state index is 12.6. The topological polar surface area (TPSA) is 58.6 Å². The monoisotopic (exact) mass is 352 g/mol. The lowest BCUT2D eigenvalue weighted by atomic mass is 10.0. The number of hydrogen-bond donors (Lipinski definition) is 0. The first-order valence-electron chi connectivity index (χ1n) is 9.26. The molecule has 2 aliphatic rings. The van der Waals surface area contributed by atoms with Crippen molar-refractivity contribution >= 4 is 11.7 Å². The van der Waals surface area contributed by atoms with Crippen LogP contribution in [-0.2, 0) is 16.0 Å². The van der Waals surface area contributed by atoms with Crippen LogP contribution in [0.5, 0.6) is 0 Å². The normalized spacial score (nSPS) is 20.6. The number of carbonyl (C=O) groups is 1. The summed E-state index contributed by atoms with van der Waals surface area (Å²) >= 11 is 0. The van der Waals surface area contributed by atoms with E-state index in [2.05, 4.69) is 27.0 Å². The number of nitrogens with zero attached hydrogens (tertiary/aromatic N) is 4. The molecule has 2 fully saturated rings. The summed E-state index contributed by atoms with van der Waals surface area (Å²) in [7, 11) is 0. The Kier molecular flexibility index (Phi) is 5.11. The summed E-state index contributed by atoms with van der Waals surface area (Å²) < 4.78 is 5.46. The highest BCUT2D eigenvalue weighted by molar-refractivity contribution is 5.82. The van der Waals surface area contributed by atoms with Gasteiger partial charge in [0.15, 0.2) is 0 Å². The number of benzene rings is 1. The molecule has 1 atom stereocenters. The fourth-order valence-corrected chi connectivity index (χ4v) is 3.57. The summed E-state index contributed by atoms with van der Waals surface area (Å²) in [5, 5.41) is 0. The van der Waals surface area contributed by atoms with Gasteiger partial charge < -0.3 is 14.5 Å². The van der Waals surface area contributed by atoms with E-state index in [0.717, 1.165) is 57.2 Å². The molecule has 4 rings (SSSR count). The zero-order valence-corrected chi connectivity index (χ0v) is 14.9. The van der Waals surface area contributed by atoms with Crippen LogP contribution in [0, 0.1) is 0 Å². The lowest BCUT2D eigenvalue weighted by Gasteiger charge is -2.35. The van der Waals surface area contributed by atoms with Crippen molar-refractivity contribution in [2.45, 2.75) is 18.8 Å². The van der Waals surface area contributed by atoms with Gasteiger partial charge in [-0.3, -0.25) is 4.79 Å². The highest BCUT2D eigenvalue weighted by Gasteiger charge is 2.26. The van der Waals surface area contributed by atoms with E-state index in [9.17, 15) is 4.79 Å². The number of hydrogen-bond acceptors (Lipinski definition) is 5. The molecule has 0 saturated carbocycles. The lowest BCUT2D eigenvalue weighted by molar-refractivity contribution is -0.130. The van der Waals surface area contributed by atoms with Crippen molar-refractivity contribution in [3.63, 3.8) is 0 Å². The van der Waals surface area contributed by atoms with Crippen LogP contribution < -0.4 is 4.90 Å². The zero-order valence-electron chi connectivity index (χ0n) is 14.9. The summed E-state index contributed by atoms with van der Waals surface area (Å²) in [6.45, 7) is 4.21. The standard InChI is InChI=1S/C20H24N4O2/c25-20-13-24(10-9-23(20)8-6-16-4-2-1-3-5-16)19-12-18(21-15-22-19)17-7-11-26-14-17/h1-5,12,15,17H,6-11,13-14H2. The molecule has 2 saturated heterocycles. The molecule has 0 spiro atoms. The van der Waals surface area contributed by atoms with Crippen molar-refractivity contribution in [2.75, 3.05) is 44.3 Å². The fourth-order valence-electron chi connectivity index (χ4n) is 3.57. The molecule has 2 aliphatic heterocycles. The lowest BCUT2D eigenvalue weighted by Crippen LogP contribution is -2.51. The molecule has 1 amide bonds. The first-order valence-corrected chi connectivity index (χ1v) is 9.26. The molecule has 3 heterocycles. The molecular formula is C20H24N4O2. The summed E-state index contributed by atoms with van der Waals surface area (Å²) in [5.74, 6) is 1.36. The molecule has 6 heteroatoms. The summed E-state index contributed by atoms with van der Waals surface area (Å²) in [6.07, 6.45) is 3.50. The fraction of sp³-hybridized carbons (Fsp3) is 0.450. The second-order valence-corrected chi connectivity index (χ2v) is 6.90. The second-order valence-electron chi connectivity index (χ2n) is 6.90. The van der Waals surface area contributed by atoms with Crippen molar-refractivity contribution in [3.8, 4) is 0 Å². The van der Waals surface area contributed by atoms with Crippen LogP contribution in [0.1, 0.15) is 23.6 Å². The molecule has 2 aromatic rings. The van der Waals surface area contributed by atoms with E-state index < -0.39 is 0 Å². The molecule has 26 heavy (non-hydrogen) atoms. The molecule has 136 valence electrons. The Morgan fingerprint density at radius 3 is 2.81 bits per heavy atom. The smallest absolute Gasteiger partial charge is 0.242 e. The van der Waals surface area contributed by atoms with Crippen LogP contribution in [0.25, 0.3) is 0 Å². The van der Waals surface area contributed by atoms with Crippen LogP contribution in [-0.4, -0.2) is 60.2 Å². The minimum absolute atomic E-state index is 0.163. The van der Waals surface area contributed by atoms with Crippen LogP contribution >= 0.6 is 0 Å². The van der Waals surface area contributed by atoms with Gasteiger partial charge in [0.2, 0.25) is 5.91 Å². The van der Waals surface area contributed by atoms with Gasteiger partial charge in [0, 0.05) is 38.2 Å². The van der Waals surface area contributed by atoms with Gasteiger partial charge in [-0.15, -0.1) is 0 Å².